The summed E-state index contributed by atoms with van der Waals surface area (Å²) in [6.07, 6.45) is 0. The van der Waals surface area contributed by atoms with Crippen LogP contribution in [-0.2, 0) is 0 Å². The Kier molecular flexibility index (Phi) is 3.84. The summed E-state index contributed by atoms with van der Waals surface area (Å²) < 4.78 is 26.0. The minimum Gasteiger partial charge on any atom is -0.296 e. The molecule has 0 aliphatic rings. The number of anilines is 1. The van der Waals surface area contributed by atoms with Crippen LogP contribution in [0.3, 0.4) is 0 Å². The SMILES string of the molecule is CC(C)c1nnc(NC(=O)c2cc(F)cc(F)c2)s1. The van der Waals surface area contributed by atoms with E-state index in [1.165, 1.54) is 11.3 Å². The van der Waals surface area contributed by atoms with Crippen LogP contribution in [0.25, 0.3) is 0 Å². The lowest BCUT2D eigenvalue weighted by molar-refractivity contribution is 0.102. The van der Waals surface area contributed by atoms with Crippen molar-refractivity contribution >= 4 is 22.4 Å². The summed E-state index contributed by atoms with van der Waals surface area (Å²) in [6.45, 7) is 3.90. The van der Waals surface area contributed by atoms with E-state index in [2.05, 4.69) is 15.5 Å². The van der Waals surface area contributed by atoms with Gasteiger partial charge in [-0.05, 0) is 12.1 Å². The van der Waals surface area contributed by atoms with Crippen molar-refractivity contribution < 1.29 is 13.6 Å². The molecule has 1 amide bonds. The molecule has 7 heteroatoms. The Balaban J connectivity index is 2.15. The van der Waals surface area contributed by atoms with Crippen molar-refractivity contribution in [3.05, 3.63) is 40.4 Å². The van der Waals surface area contributed by atoms with Crippen molar-refractivity contribution in [2.24, 2.45) is 0 Å². The number of carbonyl (C=O) groups is 1. The lowest BCUT2D eigenvalue weighted by Crippen LogP contribution is -2.12. The van der Waals surface area contributed by atoms with Crippen LogP contribution in [0.4, 0.5) is 13.9 Å². The molecule has 1 heterocycles. The van der Waals surface area contributed by atoms with Gasteiger partial charge in [0.15, 0.2) is 0 Å². The zero-order valence-electron chi connectivity index (χ0n) is 10.3. The maximum Gasteiger partial charge on any atom is 0.257 e. The highest BCUT2D eigenvalue weighted by molar-refractivity contribution is 7.15. The van der Waals surface area contributed by atoms with Crippen molar-refractivity contribution in [1.82, 2.24) is 10.2 Å². The first-order valence-corrected chi connectivity index (χ1v) is 6.38. The molecule has 1 aromatic heterocycles. The molecule has 0 saturated heterocycles. The molecule has 0 spiro atoms. The van der Waals surface area contributed by atoms with Crippen molar-refractivity contribution in [3.63, 3.8) is 0 Å². The highest BCUT2D eigenvalue weighted by Gasteiger charge is 2.13. The van der Waals surface area contributed by atoms with Crippen LogP contribution in [0, 0.1) is 11.6 Å². The minimum atomic E-state index is -0.801. The molecule has 0 unspecified atom stereocenters. The molecule has 0 atom stereocenters. The van der Waals surface area contributed by atoms with E-state index in [4.69, 9.17) is 0 Å². The predicted octanol–water partition coefficient (Wildman–Crippen LogP) is 3.19. The number of carbonyl (C=O) groups excluding carboxylic acids is 1. The van der Waals surface area contributed by atoms with E-state index in [-0.39, 0.29) is 11.5 Å². The van der Waals surface area contributed by atoms with Gasteiger partial charge < -0.3 is 0 Å². The van der Waals surface area contributed by atoms with Gasteiger partial charge in [-0.2, -0.15) is 0 Å². The van der Waals surface area contributed by atoms with Gasteiger partial charge in [0, 0.05) is 17.5 Å². The first-order valence-electron chi connectivity index (χ1n) is 5.56. The number of amides is 1. The monoisotopic (exact) mass is 283 g/mol. The summed E-state index contributed by atoms with van der Waals surface area (Å²) in [5, 5.41) is 11.2. The Morgan fingerprint density at radius 1 is 1.21 bits per heavy atom. The summed E-state index contributed by atoms with van der Waals surface area (Å²) >= 11 is 1.23. The standard InChI is InChI=1S/C12H11F2N3OS/c1-6(2)11-16-17-12(19-11)15-10(18)7-3-8(13)5-9(14)4-7/h3-6H,1-2H3,(H,15,17,18). The molecule has 0 bridgehead atoms. The third kappa shape index (κ3) is 3.31. The Labute approximate surface area is 112 Å². The number of benzene rings is 1. The lowest BCUT2D eigenvalue weighted by atomic mass is 10.2. The second-order valence-electron chi connectivity index (χ2n) is 4.21. The number of aromatic nitrogens is 2. The molecule has 19 heavy (non-hydrogen) atoms. The van der Waals surface area contributed by atoms with Crippen molar-refractivity contribution in [2.45, 2.75) is 19.8 Å². The fourth-order valence-corrected chi connectivity index (χ4v) is 2.11. The van der Waals surface area contributed by atoms with E-state index >= 15 is 0 Å². The smallest absolute Gasteiger partial charge is 0.257 e. The Morgan fingerprint density at radius 2 is 1.84 bits per heavy atom. The third-order valence-corrected chi connectivity index (χ3v) is 3.42. The fourth-order valence-electron chi connectivity index (χ4n) is 1.37. The second kappa shape index (κ2) is 5.40. The van der Waals surface area contributed by atoms with Crippen LogP contribution in [0.1, 0.15) is 35.1 Å². The molecule has 1 aromatic carbocycles. The number of halogens is 2. The summed E-state index contributed by atoms with van der Waals surface area (Å²) in [5.41, 5.74) is -0.0983. The molecule has 0 aliphatic heterocycles. The molecular weight excluding hydrogens is 272 g/mol. The number of hydrogen-bond acceptors (Lipinski definition) is 4. The summed E-state index contributed by atoms with van der Waals surface area (Å²) in [6, 6.07) is 2.63. The van der Waals surface area contributed by atoms with Gasteiger partial charge >= 0.3 is 0 Å². The van der Waals surface area contributed by atoms with Crippen molar-refractivity contribution in [1.29, 1.82) is 0 Å². The van der Waals surface area contributed by atoms with E-state index in [0.717, 1.165) is 17.1 Å². The zero-order chi connectivity index (χ0) is 14.0. The number of nitrogens with zero attached hydrogens (tertiary/aromatic N) is 2. The maximum atomic E-state index is 13.0. The van der Waals surface area contributed by atoms with Crippen LogP contribution < -0.4 is 5.32 Å². The normalized spacial score (nSPS) is 10.8. The quantitative estimate of drug-likeness (QED) is 0.941. The van der Waals surface area contributed by atoms with Crippen LogP contribution in [0.15, 0.2) is 18.2 Å². The van der Waals surface area contributed by atoms with Gasteiger partial charge in [-0.15, -0.1) is 10.2 Å². The van der Waals surface area contributed by atoms with Gasteiger partial charge in [-0.1, -0.05) is 25.2 Å². The number of hydrogen-bond donors (Lipinski definition) is 1. The van der Waals surface area contributed by atoms with Crippen LogP contribution in [0.2, 0.25) is 0 Å². The first-order chi connectivity index (χ1) is 8.95. The maximum absolute atomic E-state index is 13.0. The third-order valence-electron chi connectivity index (χ3n) is 2.28. The molecule has 0 fully saturated rings. The minimum absolute atomic E-state index is 0.0983. The van der Waals surface area contributed by atoms with Gasteiger partial charge in [0.05, 0.1) is 0 Å². The Hall–Kier alpha value is -1.89. The lowest BCUT2D eigenvalue weighted by Gasteiger charge is -2.01. The number of rotatable bonds is 3. The van der Waals surface area contributed by atoms with Gasteiger partial charge in [-0.3, -0.25) is 10.1 Å². The van der Waals surface area contributed by atoms with Crippen LogP contribution in [0.5, 0.6) is 0 Å². The Bertz CT molecular complexity index is 593. The summed E-state index contributed by atoms with van der Waals surface area (Å²) in [7, 11) is 0. The summed E-state index contributed by atoms with van der Waals surface area (Å²) in [4.78, 5) is 11.8. The summed E-state index contributed by atoms with van der Waals surface area (Å²) in [5.74, 6) is -2.02. The highest BCUT2D eigenvalue weighted by Crippen LogP contribution is 2.22. The van der Waals surface area contributed by atoms with E-state index in [0.29, 0.717) is 11.2 Å². The van der Waals surface area contributed by atoms with Crippen LogP contribution in [-0.4, -0.2) is 16.1 Å². The molecule has 2 rings (SSSR count). The van der Waals surface area contributed by atoms with Gasteiger partial charge in [-0.25, -0.2) is 8.78 Å². The molecule has 2 aromatic rings. The van der Waals surface area contributed by atoms with Gasteiger partial charge in [0.1, 0.15) is 16.6 Å². The average molecular weight is 283 g/mol. The van der Waals surface area contributed by atoms with Crippen LogP contribution >= 0.6 is 11.3 Å². The van der Waals surface area contributed by atoms with Gasteiger partial charge in [0.25, 0.3) is 5.91 Å². The fraction of sp³-hybridized carbons (Fsp3) is 0.250. The van der Waals surface area contributed by atoms with E-state index in [9.17, 15) is 13.6 Å². The molecule has 0 aliphatic carbocycles. The molecule has 0 radical (unpaired) electrons. The predicted molar refractivity (Wildman–Crippen MR) is 68.3 cm³/mol. The Morgan fingerprint density at radius 3 is 2.37 bits per heavy atom. The average Bonchev–Trinajstić information content (AvgIpc) is 2.76. The molecule has 4 nitrogen and oxygen atoms in total. The van der Waals surface area contributed by atoms with Crippen molar-refractivity contribution in [2.75, 3.05) is 5.32 Å². The first kappa shape index (κ1) is 13.5. The molecular formula is C12H11F2N3OS. The molecule has 100 valence electrons. The van der Waals surface area contributed by atoms with E-state index < -0.39 is 17.5 Å². The second-order valence-corrected chi connectivity index (χ2v) is 5.22. The molecule has 0 saturated carbocycles. The van der Waals surface area contributed by atoms with E-state index in [1.807, 2.05) is 13.8 Å². The highest BCUT2D eigenvalue weighted by atomic mass is 32.1. The zero-order valence-corrected chi connectivity index (χ0v) is 11.1. The molecule has 1 N–H and O–H groups in total. The van der Waals surface area contributed by atoms with Crippen molar-refractivity contribution in [3.8, 4) is 0 Å². The topological polar surface area (TPSA) is 54.9 Å². The largest absolute Gasteiger partial charge is 0.296 e. The number of nitrogens with one attached hydrogen (secondary N) is 1. The van der Waals surface area contributed by atoms with E-state index in [1.54, 1.807) is 0 Å². The van der Waals surface area contributed by atoms with Gasteiger partial charge in [0.2, 0.25) is 5.13 Å².